The number of pyridine rings is 2. The summed E-state index contributed by atoms with van der Waals surface area (Å²) in [6.07, 6.45) is 7.43. The van der Waals surface area contributed by atoms with Gasteiger partial charge in [-0.25, -0.2) is 0 Å². The Morgan fingerprint density at radius 2 is 1.96 bits per heavy atom. The Kier molecular flexibility index (Phi) is 3.74. The van der Waals surface area contributed by atoms with Gasteiger partial charge in [-0.15, -0.1) is 10.2 Å². The molecule has 0 saturated carbocycles. The summed E-state index contributed by atoms with van der Waals surface area (Å²) in [6.45, 7) is 1.24. The summed E-state index contributed by atoms with van der Waals surface area (Å²) in [4.78, 5) is 22.3. The zero-order chi connectivity index (χ0) is 16.4. The topological polar surface area (TPSA) is 85.0 Å². The van der Waals surface area contributed by atoms with Crippen molar-refractivity contribution in [3.05, 3.63) is 60.5 Å². The fourth-order valence-corrected chi connectivity index (χ4v) is 2.82. The molecule has 4 rings (SSSR count). The molecule has 3 aromatic heterocycles. The van der Waals surface area contributed by atoms with Gasteiger partial charge in [-0.2, -0.15) is 0 Å². The van der Waals surface area contributed by atoms with Crippen LogP contribution >= 0.6 is 0 Å². The maximum Gasteiger partial charge on any atom is 0.255 e. The smallest absolute Gasteiger partial charge is 0.255 e. The van der Waals surface area contributed by atoms with Gasteiger partial charge in [0.15, 0.2) is 0 Å². The van der Waals surface area contributed by atoms with Crippen molar-refractivity contribution in [2.24, 2.45) is 0 Å². The molecular weight excluding hydrogens is 306 g/mol. The van der Waals surface area contributed by atoms with Crippen LogP contribution in [-0.4, -0.2) is 44.1 Å². The van der Waals surface area contributed by atoms with E-state index < -0.39 is 0 Å². The van der Waals surface area contributed by atoms with Gasteiger partial charge in [0.05, 0.1) is 17.0 Å². The average Bonchev–Trinajstić information content (AvgIpc) is 3.32. The van der Waals surface area contributed by atoms with Crippen LogP contribution in [0.2, 0.25) is 0 Å². The van der Waals surface area contributed by atoms with Crippen LogP contribution in [-0.2, 0) is 0 Å². The zero-order valence-corrected chi connectivity index (χ0v) is 12.9. The predicted octanol–water partition coefficient (Wildman–Crippen LogP) is 2.16. The van der Waals surface area contributed by atoms with Crippen molar-refractivity contribution in [3.8, 4) is 11.5 Å². The highest BCUT2D eigenvalue weighted by Crippen LogP contribution is 2.29. The highest BCUT2D eigenvalue weighted by atomic mass is 16.4. The summed E-state index contributed by atoms with van der Waals surface area (Å²) in [6, 6.07) is 7.23. The number of carbonyl (C=O) groups is 1. The first-order chi connectivity index (χ1) is 11.8. The van der Waals surface area contributed by atoms with Crippen LogP contribution in [0.5, 0.6) is 0 Å². The minimum Gasteiger partial charge on any atom is -0.420 e. The lowest BCUT2D eigenvalue weighted by Crippen LogP contribution is -2.28. The third kappa shape index (κ3) is 2.76. The highest BCUT2D eigenvalue weighted by molar-refractivity contribution is 5.94. The molecule has 0 N–H and O–H groups in total. The second-order valence-electron chi connectivity index (χ2n) is 5.67. The lowest BCUT2D eigenvalue weighted by atomic mass is 10.1. The second kappa shape index (κ2) is 6.19. The molecule has 1 amide bonds. The maximum atomic E-state index is 12.5. The number of nitrogens with zero attached hydrogens (tertiary/aromatic N) is 5. The molecule has 7 heteroatoms. The predicted molar refractivity (Wildman–Crippen MR) is 85.0 cm³/mol. The summed E-state index contributed by atoms with van der Waals surface area (Å²) < 4.78 is 5.77. The molecule has 0 spiro atoms. The van der Waals surface area contributed by atoms with E-state index in [2.05, 4.69) is 20.2 Å². The SMILES string of the molecule is O=C(c1cccnc1)N1CCC(c2nnc(-c3cccnc3)o2)C1. The Balaban J connectivity index is 1.48. The molecule has 1 aliphatic heterocycles. The Morgan fingerprint density at radius 3 is 2.71 bits per heavy atom. The van der Waals surface area contributed by atoms with Crippen molar-refractivity contribution < 1.29 is 9.21 Å². The highest BCUT2D eigenvalue weighted by Gasteiger charge is 2.31. The summed E-state index contributed by atoms with van der Waals surface area (Å²) >= 11 is 0. The Morgan fingerprint density at radius 1 is 1.12 bits per heavy atom. The summed E-state index contributed by atoms with van der Waals surface area (Å²) in [5, 5.41) is 8.24. The molecule has 1 aliphatic rings. The molecule has 24 heavy (non-hydrogen) atoms. The summed E-state index contributed by atoms with van der Waals surface area (Å²) in [7, 11) is 0. The van der Waals surface area contributed by atoms with Gasteiger partial charge in [-0.05, 0) is 30.7 Å². The standard InChI is InChI=1S/C17H15N5O2/c23-17(13-4-2-7-19-10-13)22-8-5-14(11-22)16-21-20-15(24-16)12-3-1-6-18-9-12/h1-4,6-7,9-10,14H,5,8,11H2. The molecule has 0 aromatic carbocycles. The first-order valence-corrected chi connectivity index (χ1v) is 7.74. The van der Waals surface area contributed by atoms with E-state index >= 15 is 0 Å². The Bertz CT molecular complexity index is 834. The number of amides is 1. The van der Waals surface area contributed by atoms with Crippen LogP contribution in [0.4, 0.5) is 0 Å². The van der Waals surface area contributed by atoms with Crippen LogP contribution < -0.4 is 0 Å². The minimum absolute atomic E-state index is 0.0161. The van der Waals surface area contributed by atoms with E-state index in [1.165, 1.54) is 0 Å². The van der Waals surface area contributed by atoms with E-state index in [1.807, 2.05) is 12.1 Å². The molecule has 7 nitrogen and oxygen atoms in total. The molecule has 0 radical (unpaired) electrons. The van der Waals surface area contributed by atoms with Gasteiger partial charge in [0, 0.05) is 37.9 Å². The molecule has 1 atom stereocenters. The van der Waals surface area contributed by atoms with Gasteiger partial charge < -0.3 is 9.32 Å². The number of rotatable bonds is 3. The molecule has 1 saturated heterocycles. The fraction of sp³-hybridized carbons (Fsp3) is 0.235. The molecule has 120 valence electrons. The molecule has 1 fully saturated rings. The molecule has 0 aliphatic carbocycles. The quantitative estimate of drug-likeness (QED) is 0.735. The lowest BCUT2D eigenvalue weighted by molar-refractivity contribution is 0.0789. The summed E-state index contributed by atoms with van der Waals surface area (Å²) in [5.41, 5.74) is 1.39. The zero-order valence-electron chi connectivity index (χ0n) is 12.9. The fourth-order valence-electron chi connectivity index (χ4n) is 2.82. The third-order valence-corrected chi connectivity index (χ3v) is 4.08. The van der Waals surface area contributed by atoms with Crippen molar-refractivity contribution in [3.63, 3.8) is 0 Å². The number of hydrogen-bond acceptors (Lipinski definition) is 6. The summed E-state index contributed by atoms with van der Waals surface area (Å²) in [5.74, 6) is 1.06. The molecular formula is C17H15N5O2. The van der Waals surface area contributed by atoms with Crippen molar-refractivity contribution in [1.29, 1.82) is 0 Å². The normalized spacial score (nSPS) is 17.2. The van der Waals surface area contributed by atoms with Gasteiger partial charge in [-0.3, -0.25) is 14.8 Å². The first kappa shape index (κ1) is 14.5. The van der Waals surface area contributed by atoms with Crippen molar-refractivity contribution in [2.75, 3.05) is 13.1 Å². The van der Waals surface area contributed by atoms with Crippen molar-refractivity contribution >= 4 is 5.91 Å². The number of likely N-dealkylation sites (tertiary alicyclic amines) is 1. The van der Waals surface area contributed by atoms with Gasteiger partial charge >= 0.3 is 0 Å². The third-order valence-electron chi connectivity index (χ3n) is 4.08. The average molecular weight is 321 g/mol. The van der Waals surface area contributed by atoms with E-state index in [0.717, 1.165) is 12.0 Å². The van der Waals surface area contributed by atoms with E-state index in [9.17, 15) is 4.79 Å². The Hall–Kier alpha value is -3.09. The van der Waals surface area contributed by atoms with Gasteiger partial charge in [-0.1, -0.05) is 0 Å². The minimum atomic E-state index is -0.0161. The van der Waals surface area contributed by atoms with Crippen molar-refractivity contribution in [1.82, 2.24) is 25.1 Å². The van der Waals surface area contributed by atoms with Gasteiger partial charge in [0.1, 0.15) is 0 Å². The van der Waals surface area contributed by atoms with E-state index in [1.54, 1.807) is 41.8 Å². The van der Waals surface area contributed by atoms with Crippen LogP contribution in [0.3, 0.4) is 0 Å². The van der Waals surface area contributed by atoms with E-state index in [-0.39, 0.29) is 11.8 Å². The monoisotopic (exact) mass is 321 g/mol. The number of hydrogen-bond donors (Lipinski definition) is 0. The van der Waals surface area contributed by atoms with Crippen LogP contribution in [0.25, 0.3) is 11.5 Å². The molecule has 3 aromatic rings. The number of aromatic nitrogens is 4. The molecule has 4 heterocycles. The molecule has 0 bridgehead atoms. The molecule has 1 unspecified atom stereocenters. The maximum absolute atomic E-state index is 12.5. The second-order valence-corrected chi connectivity index (χ2v) is 5.67. The van der Waals surface area contributed by atoms with Gasteiger partial charge in [0.2, 0.25) is 11.8 Å². The van der Waals surface area contributed by atoms with Crippen LogP contribution in [0.1, 0.15) is 28.6 Å². The Labute approximate surface area is 138 Å². The van der Waals surface area contributed by atoms with Gasteiger partial charge in [0.25, 0.3) is 5.91 Å². The van der Waals surface area contributed by atoms with E-state index in [0.29, 0.717) is 30.4 Å². The lowest BCUT2D eigenvalue weighted by Gasteiger charge is -2.15. The largest absolute Gasteiger partial charge is 0.420 e. The van der Waals surface area contributed by atoms with Crippen LogP contribution in [0.15, 0.2) is 53.5 Å². The number of carbonyl (C=O) groups excluding carboxylic acids is 1. The first-order valence-electron chi connectivity index (χ1n) is 7.74. The van der Waals surface area contributed by atoms with Crippen LogP contribution in [0, 0.1) is 0 Å². The van der Waals surface area contributed by atoms with Crippen molar-refractivity contribution in [2.45, 2.75) is 12.3 Å². The van der Waals surface area contributed by atoms with E-state index in [4.69, 9.17) is 4.42 Å².